The lowest BCUT2D eigenvalue weighted by molar-refractivity contribution is -0.145. The third-order valence-corrected chi connectivity index (χ3v) is 2.86. The molecule has 9 heteroatoms. The third kappa shape index (κ3) is 2.71. The Labute approximate surface area is 109 Å². The van der Waals surface area contributed by atoms with Gasteiger partial charge >= 0.3 is 13.1 Å². The molecule has 1 aromatic heterocycles. The van der Waals surface area contributed by atoms with E-state index in [-0.39, 0.29) is 30.3 Å². The van der Waals surface area contributed by atoms with Crippen molar-refractivity contribution in [2.45, 2.75) is 6.42 Å². The Bertz CT molecular complexity index is 492. The summed E-state index contributed by atoms with van der Waals surface area (Å²) in [5.74, 6) is -1.11. The van der Waals surface area contributed by atoms with Crippen LogP contribution in [0.3, 0.4) is 0 Å². The number of hydrogen-bond donors (Lipinski definition) is 2. The Balaban J connectivity index is 2.14. The molecule has 0 radical (unpaired) electrons. The molecule has 1 aromatic rings. The molecule has 2 N–H and O–H groups in total. The van der Waals surface area contributed by atoms with E-state index in [1.165, 1.54) is 24.4 Å². The first-order chi connectivity index (χ1) is 9.02. The fourth-order valence-corrected chi connectivity index (χ4v) is 1.83. The molecule has 1 amide bonds. The third-order valence-electron chi connectivity index (χ3n) is 2.86. The van der Waals surface area contributed by atoms with Crippen LogP contribution in [0.15, 0.2) is 12.4 Å². The highest BCUT2D eigenvalue weighted by Gasteiger charge is 2.37. The van der Waals surface area contributed by atoms with Gasteiger partial charge in [0.15, 0.2) is 0 Å². The summed E-state index contributed by atoms with van der Waals surface area (Å²) in [5.41, 5.74) is 0.125. The number of carbonyl (C=O) groups is 2. The van der Waals surface area contributed by atoms with Gasteiger partial charge in [-0.1, -0.05) is 0 Å². The molecule has 2 rings (SSSR count). The lowest BCUT2D eigenvalue weighted by atomic mass is 9.83. The predicted octanol–water partition coefficient (Wildman–Crippen LogP) is -2.32. The van der Waals surface area contributed by atoms with E-state index >= 15 is 0 Å². The van der Waals surface area contributed by atoms with Crippen molar-refractivity contribution in [3.05, 3.63) is 12.4 Å². The molecule has 0 aliphatic carbocycles. The molecule has 1 aliphatic rings. The van der Waals surface area contributed by atoms with E-state index in [1.807, 2.05) is 0 Å². The Morgan fingerprint density at radius 1 is 1.47 bits per heavy atom. The second-order valence-electron chi connectivity index (χ2n) is 4.12. The van der Waals surface area contributed by atoms with Gasteiger partial charge in [-0.15, -0.1) is 0 Å². The zero-order valence-corrected chi connectivity index (χ0v) is 10.2. The zero-order valence-electron chi connectivity index (χ0n) is 10.2. The molecule has 0 saturated carbocycles. The smallest absolute Gasteiger partial charge is 0.469 e. The van der Waals surface area contributed by atoms with Crippen molar-refractivity contribution in [2.75, 3.05) is 18.6 Å². The maximum Gasteiger partial charge on any atom is 0.491 e. The van der Waals surface area contributed by atoms with Gasteiger partial charge in [0.1, 0.15) is 0 Å². The van der Waals surface area contributed by atoms with Crippen molar-refractivity contribution in [3.8, 4) is 0 Å². The summed E-state index contributed by atoms with van der Waals surface area (Å²) in [7, 11) is -0.394. The van der Waals surface area contributed by atoms with Gasteiger partial charge in [0.25, 0.3) is 0 Å². The minimum Gasteiger partial charge on any atom is -0.469 e. The summed E-state index contributed by atoms with van der Waals surface area (Å²) < 4.78 is 4.59. The molecule has 0 spiro atoms. The van der Waals surface area contributed by atoms with Crippen LogP contribution < -0.4 is 10.4 Å². The molecule has 0 aromatic carbocycles. The van der Waals surface area contributed by atoms with Crippen molar-refractivity contribution in [1.29, 1.82) is 0 Å². The molecule has 0 bridgehead atoms. The SMILES string of the molecule is COC(=O)C1CC(=O)N(c2ncc(B(O)O)cn2)C1. The zero-order chi connectivity index (χ0) is 14.0. The molecule has 2 heterocycles. The molecule has 1 atom stereocenters. The summed E-state index contributed by atoms with van der Waals surface area (Å²) in [6.07, 6.45) is 2.48. The Kier molecular flexibility index (Phi) is 3.77. The molecule has 1 saturated heterocycles. The van der Waals surface area contributed by atoms with Gasteiger partial charge in [0.05, 0.1) is 13.0 Å². The largest absolute Gasteiger partial charge is 0.491 e. The van der Waals surface area contributed by atoms with E-state index < -0.39 is 19.0 Å². The molecule has 1 fully saturated rings. The van der Waals surface area contributed by atoms with E-state index in [4.69, 9.17) is 10.0 Å². The minimum absolute atomic E-state index is 0.0560. The van der Waals surface area contributed by atoms with Crippen LogP contribution in [0, 0.1) is 5.92 Å². The van der Waals surface area contributed by atoms with Crippen molar-refractivity contribution in [3.63, 3.8) is 0 Å². The second-order valence-corrected chi connectivity index (χ2v) is 4.12. The average molecular weight is 265 g/mol. The molecule has 1 aliphatic heterocycles. The van der Waals surface area contributed by atoms with Gasteiger partial charge in [0.2, 0.25) is 11.9 Å². The van der Waals surface area contributed by atoms with Crippen LogP contribution in [-0.2, 0) is 14.3 Å². The van der Waals surface area contributed by atoms with Crippen LogP contribution in [0.2, 0.25) is 0 Å². The predicted molar refractivity (Wildman–Crippen MR) is 64.3 cm³/mol. The summed E-state index contributed by atoms with van der Waals surface area (Å²) in [6, 6.07) is 0. The summed E-state index contributed by atoms with van der Waals surface area (Å²) in [4.78, 5) is 32.2. The van der Waals surface area contributed by atoms with E-state index in [1.54, 1.807) is 0 Å². The van der Waals surface area contributed by atoms with E-state index in [0.717, 1.165) is 0 Å². The summed E-state index contributed by atoms with van der Waals surface area (Å²) in [5, 5.41) is 17.8. The number of amides is 1. The number of methoxy groups -OCH3 is 1. The van der Waals surface area contributed by atoms with Gasteiger partial charge in [-0.2, -0.15) is 0 Å². The molecular weight excluding hydrogens is 253 g/mol. The first-order valence-electron chi connectivity index (χ1n) is 5.59. The van der Waals surface area contributed by atoms with Crippen molar-refractivity contribution >= 4 is 30.4 Å². The standard InChI is InChI=1S/C10H12BN3O5/c1-19-9(16)6-2-8(15)14(5-6)10-12-3-7(4-13-10)11(17)18/h3-4,6,17-18H,2,5H2,1H3. The number of ether oxygens (including phenoxy) is 1. The number of carbonyl (C=O) groups excluding carboxylic acids is 2. The number of aromatic nitrogens is 2. The van der Waals surface area contributed by atoms with Crippen LogP contribution in [0.1, 0.15) is 6.42 Å². The maximum atomic E-state index is 11.8. The van der Waals surface area contributed by atoms with Crippen molar-refractivity contribution in [2.24, 2.45) is 5.92 Å². The van der Waals surface area contributed by atoms with E-state index in [9.17, 15) is 9.59 Å². The van der Waals surface area contributed by atoms with Crippen LogP contribution in [0.4, 0.5) is 5.95 Å². The number of rotatable bonds is 3. The molecule has 8 nitrogen and oxygen atoms in total. The highest BCUT2D eigenvalue weighted by molar-refractivity contribution is 6.58. The molecule has 100 valence electrons. The van der Waals surface area contributed by atoms with Crippen LogP contribution in [0.25, 0.3) is 0 Å². The van der Waals surface area contributed by atoms with Crippen molar-refractivity contribution in [1.82, 2.24) is 9.97 Å². The Morgan fingerprint density at radius 2 is 2.11 bits per heavy atom. The normalized spacial score (nSPS) is 18.6. The van der Waals surface area contributed by atoms with Gasteiger partial charge in [-0.05, 0) is 0 Å². The Morgan fingerprint density at radius 3 is 2.63 bits per heavy atom. The number of anilines is 1. The van der Waals surface area contributed by atoms with Crippen molar-refractivity contribution < 1.29 is 24.4 Å². The summed E-state index contributed by atoms with van der Waals surface area (Å²) >= 11 is 0. The van der Waals surface area contributed by atoms with E-state index in [0.29, 0.717) is 0 Å². The monoisotopic (exact) mass is 265 g/mol. The van der Waals surface area contributed by atoms with Gasteiger partial charge in [-0.25, -0.2) is 9.97 Å². The first-order valence-corrected chi connectivity index (χ1v) is 5.59. The van der Waals surface area contributed by atoms with Crippen LogP contribution >= 0.6 is 0 Å². The molecule has 19 heavy (non-hydrogen) atoms. The van der Waals surface area contributed by atoms with Gasteiger partial charge in [-0.3, -0.25) is 14.5 Å². The maximum absolute atomic E-state index is 11.8. The fraction of sp³-hybridized carbons (Fsp3) is 0.400. The number of esters is 1. The second kappa shape index (κ2) is 5.33. The molecule has 1 unspecified atom stereocenters. The first kappa shape index (κ1) is 13.4. The van der Waals surface area contributed by atoms with Gasteiger partial charge < -0.3 is 14.8 Å². The number of nitrogens with zero attached hydrogens (tertiary/aromatic N) is 3. The topological polar surface area (TPSA) is 113 Å². The average Bonchev–Trinajstić information content (AvgIpc) is 2.80. The lowest BCUT2D eigenvalue weighted by Crippen LogP contribution is -2.33. The quantitative estimate of drug-likeness (QED) is 0.466. The van der Waals surface area contributed by atoms with Crippen LogP contribution in [0.5, 0.6) is 0 Å². The molecular formula is C10H12BN3O5. The summed E-state index contributed by atoms with van der Waals surface area (Å²) in [6.45, 7) is 0.159. The number of hydrogen-bond acceptors (Lipinski definition) is 7. The highest BCUT2D eigenvalue weighted by atomic mass is 16.5. The lowest BCUT2D eigenvalue weighted by Gasteiger charge is -2.13. The van der Waals surface area contributed by atoms with E-state index in [2.05, 4.69) is 14.7 Å². The fourth-order valence-electron chi connectivity index (χ4n) is 1.83. The van der Waals surface area contributed by atoms with Gasteiger partial charge in [0, 0.05) is 30.8 Å². The minimum atomic E-state index is -1.66. The highest BCUT2D eigenvalue weighted by Crippen LogP contribution is 2.22. The van der Waals surface area contributed by atoms with Crippen LogP contribution in [-0.4, -0.2) is 52.7 Å². The Hall–Kier alpha value is -2.00.